The Morgan fingerprint density at radius 2 is 2.28 bits per heavy atom. The van der Waals surface area contributed by atoms with Crippen LogP contribution >= 0.6 is 0 Å². The van der Waals surface area contributed by atoms with Gasteiger partial charge in [-0.25, -0.2) is 0 Å². The third kappa shape index (κ3) is 2.89. The fourth-order valence-corrected chi connectivity index (χ4v) is 1.98. The minimum Gasteiger partial charge on any atom is -0.398 e. The van der Waals surface area contributed by atoms with Crippen molar-refractivity contribution in [2.24, 2.45) is 0 Å². The van der Waals surface area contributed by atoms with Gasteiger partial charge in [-0.3, -0.25) is 9.59 Å². The summed E-state index contributed by atoms with van der Waals surface area (Å²) in [6.45, 7) is -0.00196. The fraction of sp³-hybridized carbons (Fsp3) is 0.500. The van der Waals surface area contributed by atoms with E-state index in [9.17, 15) is 9.59 Å². The summed E-state index contributed by atoms with van der Waals surface area (Å²) in [5, 5.41) is 2.86. The Balaban J connectivity index is 1.88. The Morgan fingerprint density at radius 1 is 1.56 bits per heavy atom. The molecule has 98 valence electrons. The average Bonchev–Trinajstić information content (AvgIpc) is 2.28. The highest BCUT2D eigenvalue weighted by molar-refractivity contribution is 5.76. The van der Waals surface area contributed by atoms with E-state index in [1.54, 1.807) is 7.11 Å². The lowest BCUT2D eigenvalue weighted by Gasteiger charge is -2.34. The van der Waals surface area contributed by atoms with Gasteiger partial charge in [0.05, 0.1) is 6.10 Å². The van der Waals surface area contributed by atoms with Crippen LogP contribution in [0.2, 0.25) is 0 Å². The molecule has 1 aliphatic carbocycles. The maximum atomic E-state index is 11.7. The molecule has 1 aromatic rings. The molecule has 1 aliphatic rings. The van der Waals surface area contributed by atoms with Crippen molar-refractivity contribution in [2.75, 3.05) is 12.8 Å². The van der Waals surface area contributed by atoms with Crippen LogP contribution in [0, 0.1) is 0 Å². The van der Waals surface area contributed by atoms with E-state index in [1.807, 2.05) is 0 Å². The maximum Gasteiger partial charge on any atom is 0.251 e. The van der Waals surface area contributed by atoms with Crippen LogP contribution in [0.5, 0.6) is 0 Å². The molecule has 1 aromatic heterocycles. The molecule has 1 amide bonds. The van der Waals surface area contributed by atoms with E-state index in [1.165, 1.54) is 22.9 Å². The second-order valence-electron chi connectivity index (χ2n) is 4.52. The Labute approximate surface area is 105 Å². The average molecular weight is 251 g/mol. The Morgan fingerprint density at radius 3 is 2.94 bits per heavy atom. The van der Waals surface area contributed by atoms with Gasteiger partial charge in [-0.05, 0) is 18.9 Å². The van der Waals surface area contributed by atoms with Crippen molar-refractivity contribution < 1.29 is 9.53 Å². The van der Waals surface area contributed by atoms with Crippen LogP contribution < -0.4 is 16.6 Å². The lowest BCUT2D eigenvalue weighted by Crippen LogP contribution is -2.48. The normalized spacial score (nSPS) is 22.3. The third-order valence-electron chi connectivity index (χ3n) is 3.11. The van der Waals surface area contributed by atoms with Gasteiger partial charge in [0.1, 0.15) is 6.54 Å². The fourth-order valence-electron chi connectivity index (χ4n) is 1.98. The highest BCUT2D eigenvalue weighted by atomic mass is 16.5. The number of rotatable bonds is 4. The molecule has 0 bridgehead atoms. The first-order valence-electron chi connectivity index (χ1n) is 5.86. The van der Waals surface area contributed by atoms with Gasteiger partial charge in [0.25, 0.3) is 5.56 Å². The number of methoxy groups -OCH3 is 1. The smallest absolute Gasteiger partial charge is 0.251 e. The summed E-state index contributed by atoms with van der Waals surface area (Å²) in [7, 11) is 1.66. The number of nitrogens with one attached hydrogen (secondary N) is 1. The van der Waals surface area contributed by atoms with Gasteiger partial charge >= 0.3 is 0 Å². The summed E-state index contributed by atoms with van der Waals surface area (Å²) < 4.78 is 6.43. The van der Waals surface area contributed by atoms with Gasteiger partial charge in [-0.1, -0.05) is 0 Å². The van der Waals surface area contributed by atoms with E-state index in [0.29, 0.717) is 5.69 Å². The zero-order valence-electron chi connectivity index (χ0n) is 10.3. The molecule has 0 aliphatic heterocycles. The first kappa shape index (κ1) is 12.6. The topological polar surface area (TPSA) is 86.3 Å². The van der Waals surface area contributed by atoms with Crippen molar-refractivity contribution in [3.63, 3.8) is 0 Å². The quantitative estimate of drug-likeness (QED) is 0.771. The molecule has 3 N–H and O–H groups in total. The zero-order valence-corrected chi connectivity index (χ0v) is 10.3. The summed E-state index contributed by atoms with van der Waals surface area (Å²) in [5.74, 6) is -0.178. The van der Waals surface area contributed by atoms with Gasteiger partial charge in [0.15, 0.2) is 0 Å². The molecule has 0 saturated heterocycles. The van der Waals surface area contributed by atoms with Gasteiger partial charge in [-0.15, -0.1) is 0 Å². The van der Waals surface area contributed by atoms with Gasteiger partial charge < -0.3 is 20.4 Å². The van der Waals surface area contributed by atoms with Crippen LogP contribution in [0.3, 0.4) is 0 Å². The number of nitrogen functional groups attached to an aromatic ring is 1. The largest absolute Gasteiger partial charge is 0.398 e. The highest BCUT2D eigenvalue weighted by Crippen LogP contribution is 2.22. The maximum absolute atomic E-state index is 11.7. The highest BCUT2D eigenvalue weighted by Gasteiger charge is 2.29. The molecule has 0 spiro atoms. The number of ether oxygens (including phenoxy) is 1. The van der Waals surface area contributed by atoms with Crippen LogP contribution in [0.4, 0.5) is 5.69 Å². The van der Waals surface area contributed by atoms with E-state index in [0.717, 1.165) is 12.8 Å². The van der Waals surface area contributed by atoms with Gasteiger partial charge in [0, 0.05) is 31.1 Å². The predicted octanol–water partition coefficient (Wildman–Crippen LogP) is -0.276. The molecule has 1 fully saturated rings. The molecular formula is C12H17N3O3. The zero-order chi connectivity index (χ0) is 13.1. The van der Waals surface area contributed by atoms with Crippen LogP contribution in [0.1, 0.15) is 12.8 Å². The van der Waals surface area contributed by atoms with Gasteiger partial charge in [-0.2, -0.15) is 0 Å². The van der Waals surface area contributed by atoms with Crippen LogP contribution in [0.25, 0.3) is 0 Å². The third-order valence-corrected chi connectivity index (χ3v) is 3.11. The summed E-state index contributed by atoms with van der Waals surface area (Å²) >= 11 is 0. The first-order chi connectivity index (χ1) is 8.58. The minimum absolute atomic E-state index is 0.00196. The standard InChI is InChI=1S/C12H17N3O3/c1-18-10-4-9(5-10)14-11(16)7-15-6-8(13)2-3-12(15)17/h2-3,6,9-10H,4-5,7,13H2,1H3,(H,14,16). The molecular weight excluding hydrogens is 234 g/mol. The van der Waals surface area contributed by atoms with Crippen LogP contribution in [0.15, 0.2) is 23.1 Å². The molecule has 0 atom stereocenters. The van der Waals surface area contributed by atoms with Crippen molar-refractivity contribution in [2.45, 2.75) is 31.5 Å². The molecule has 6 nitrogen and oxygen atoms in total. The number of carbonyl (C=O) groups excluding carboxylic acids is 1. The lowest BCUT2D eigenvalue weighted by atomic mass is 9.89. The first-order valence-corrected chi connectivity index (χ1v) is 5.86. The number of anilines is 1. The number of hydrogen-bond donors (Lipinski definition) is 2. The van der Waals surface area contributed by atoms with E-state index in [2.05, 4.69) is 5.32 Å². The monoisotopic (exact) mass is 251 g/mol. The summed E-state index contributed by atoms with van der Waals surface area (Å²) in [6.07, 6.45) is 3.37. The van der Waals surface area contributed by atoms with Crippen molar-refractivity contribution in [1.29, 1.82) is 0 Å². The molecule has 1 saturated carbocycles. The molecule has 0 radical (unpaired) electrons. The molecule has 0 unspecified atom stereocenters. The molecule has 0 aromatic carbocycles. The van der Waals surface area contributed by atoms with Crippen LogP contribution in [-0.2, 0) is 16.1 Å². The van der Waals surface area contributed by atoms with Crippen LogP contribution in [-0.4, -0.2) is 29.7 Å². The Bertz CT molecular complexity index is 492. The van der Waals surface area contributed by atoms with Crippen molar-refractivity contribution >= 4 is 11.6 Å². The number of carbonyl (C=O) groups is 1. The van der Waals surface area contributed by atoms with Gasteiger partial charge in [0.2, 0.25) is 5.91 Å². The molecule has 18 heavy (non-hydrogen) atoms. The second-order valence-corrected chi connectivity index (χ2v) is 4.52. The van der Waals surface area contributed by atoms with Crippen molar-refractivity contribution in [1.82, 2.24) is 9.88 Å². The number of hydrogen-bond acceptors (Lipinski definition) is 4. The van der Waals surface area contributed by atoms with E-state index in [4.69, 9.17) is 10.5 Å². The summed E-state index contributed by atoms with van der Waals surface area (Å²) in [5.41, 5.74) is 5.80. The minimum atomic E-state index is -0.234. The Hall–Kier alpha value is -1.82. The lowest BCUT2D eigenvalue weighted by molar-refractivity contribution is -0.124. The number of amides is 1. The number of pyridine rings is 1. The van der Waals surface area contributed by atoms with Crippen molar-refractivity contribution in [3.05, 3.63) is 28.7 Å². The van der Waals surface area contributed by atoms with E-state index < -0.39 is 0 Å². The summed E-state index contributed by atoms with van der Waals surface area (Å²) in [6, 6.07) is 3.03. The van der Waals surface area contributed by atoms with Crippen molar-refractivity contribution in [3.8, 4) is 0 Å². The summed E-state index contributed by atoms with van der Waals surface area (Å²) in [4.78, 5) is 23.2. The molecule has 1 heterocycles. The number of nitrogens with zero attached hydrogens (tertiary/aromatic N) is 1. The number of aromatic nitrogens is 1. The Kier molecular flexibility index (Phi) is 3.66. The predicted molar refractivity (Wildman–Crippen MR) is 67.1 cm³/mol. The molecule has 2 rings (SSSR count). The van der Waals surface area contributed by atoms with E-state index in [-0.39, 0.29) is 30.2 Å². The van der Waals surface area contributed by atoms with E-state index >= 15 is 0 Å². The number of nitrogens with two attached hydrogens (primary N) is 1. The SMILES string of the molecule is COC1CC(NC(=O)Cn2cc(N)ccc2=O)C1. The molecule has 6 heteroatoms. The second kappa shape index (κ2) is 5.22.